The number of aliphatic hydroxyl groups excluding tert-OH is 1. The average molecular weight is 199 g/mol. The molecule has 1 rings (SSSR count). The first-order valence-corrected chi connectivity index (χ1v) is 4.90. The summed E-state index contributed by atoms with van der Waals surface area (Å²) in [6.07, 6.45) is 1.34. The highest BCUT2D eigenvalue weighted by atomic mass is 16.5. The third-order valence-corrected chi connectivity index (χ3v) is 1.98. The Morgan fingerprint density at radius 2 is 2.36 bits per heavy atom. The van der Waals surface area contributed by atoms with Crippen molar-refractivity contribution < 1.29 is 9.63 Å². The first kappa shape index (κ1) is 11.1. The molecule has 80 valence electrons. The molecule has 5 nitrogen and oxygen atoms in total. The van der Waals surface area contributed by atoms with Crippen molar-refractivity contribution in [2.45, 2.75) is 39.3 Å². The molecule has 5 heteroatoms. The predicted octanol–water partition coefficient (Wildman–Crippen LogP) is 0.629. The summed E-state index contributed by atoms with van der Waals surface area (Å²) in [4.78, 5) is 4.04. The molecule has 0 aromatic carbocycles. The minimum atomic E-state index is -0.213. The van der Waals surface area contributed by atoms with Gasteiger partial charge in [-0.15, -0.1) is 0 Å². The fraction of sp³-hybridized carbons (Fsp3) is 0.778. The quantitative estimate of drug-likeness (QED) is 0.657. The molecule has 0 aliphatic heterocycles. The lowest BCUT2D eigenvalue weighted by molar-refractivity contribution is 0.159. The number of hydrogen-bond acceptors (Lipinski definition) is 5. The van der Waals surface area contributed by atoms with Crippen molar-refractivity contribution in [1.82, 2.24) is 15.5 Å². The van der Waals surface area contributed by atoms with Crippen LogP contribution in [0, 0.1) is 6.92 Å². The van der Waals surface area contributed by atoms with E-state index in [1.165, 1.54) is 0 Å². The summed E-state index contributed by atoms with van der Waals surface area (Å²) in [6.45, 7) is 5.08. The maximum atomic E-state index is 9.27. The van der Waals surface area contributed by atoms with E-state index < -0.39 is 0 Å². The Morgan fingerprint density at radius 1 is 1.57 bits per heavy atom. The topological polar surface area (TPSA) is 71.2 Å². The van der Waals surface area contributed by atoms with Crippen LogP contribution in [0.4, 0.5) is 0 Å². The Balaban J connectivity index is 2.10. The molecule has 1 atom stereocenters. The van der Waals surface area contributed by atoms with Crippen LogP contribution in [-0.2, 0) is 6.54 Å². The van der Waals surface area contributed by atoms with Gasteiger partial charge < -0.3 is 14.9 Å². The summed E-state index contributed by atoms with van der Waals surface area (Å²) in [5, 5.41) is 16.1. The monoisotopic (exact) mass is 199 g/mol. The number of hydrogen-bond donors (Lipinski definition) is 2. The maximum Gasteiger partial charge on any atom is 0.223 e. The van der Waals surface area contributed by atoms with Crippen molar-refractivity contribution in [1.29, 1.82) is 0 Å². The van der Waals surface area contributed by atoms with E-state index in [1.54, 1.807) is 6.92 Å². The van der Waals surface area contributed by atoms with E-state index in [9.17, 15) is 5.11 Å². The highest BCUT2D eigenvalue weighted by Gasteiger charge is 2.02. The Morgan fingerprint density at radius 3 is 2.93 bits per heavy atom. The van der Waals surface area contributed by atoms with Gasteiger partial charge in [0, 0.05) is 6.92 Å². The van der Waals surface area contributed by atoms with Crippen molar-refractivity contribution in [2.75, 3.05) is 6.54 Å². The molecule has 1 heterocycles. The Labute approximate surface area is 83.5 Å². The van der Waals surface area contributed by atoms with Gasteiger partial charge in [-0.1, -0.05) is 12.1 Å². The van der Waals surface area contributed by atoms with Crippen molar-refractivity contribution in [3.05, 3.63) is 11.7 Å². The number of aliphatic hydroxyl groups is 1. The zero-order valence-electron chi connectivity index (χ0n) is 8.66. The second-order valence-electron chi connectivity index (χ2n) is 3.26. The van der Waals surface area contributed by atoms with E-state index in [2.05, 4.69) is 15.5 Å². The van der Waals surface area contributed by atoms with Crippen molar-refractivity contribution in [3.63, 3.8) is 0 Å². The highest BCUT2D eigenvalue weighted by molar-refractivity contribution is 4.82. The number of nitrogens with zero attached hydrogens (tertiary/aromatic N) is 2. The maximum absolute atomic E-state index is 9.27. The van der Waals surface area contributed by atoms with E-state index in [0.29, 0.717) is 18.3 Å². The lowest BCUT2D eigenvalue weighted by atomic mass is 10.2. The van der Waals surface area contributed by atoms with Gasteiger partial charge in [-0.05, 0) is 19.4 Å². The lowest BCUT2D eigenvalue weighted by Crippen LogP contribution is -2.20. The Hall–Kier alpha value is -0.940. The van der Waals surface area contributed by atoms with Gasteiger partial charge in [-0.3, -0.25) is 0 Å². The molecule has 0 radical (unpaired) electrons. The smallest absolute Gasteiger partial charge is 0.223 e. The molecule has 0 saturated heterocycles. The van der Waals surface area contributed by atoms with Crippen LogP contribution >= 0.6 is 0 Å². The molecule has 1 unspecified atom stereocenters. The average Bonchev–Trinajstić information content (AvgIpc) is 2.58. The normalized spacial score (nSPS) is 13.1. The second kappa shape index (κ2) is 5.72. The fourth-order valence-electron chi connectivity index (χ4n) is 1.09. The van der Waals surface area contributed by atoms with Gasteiger partial charge in [0.1, 0.15) is 0 Å². The van der Waals surface area contributed by atoms with Crippen molar-refractivity contribution in [2.24, 2.45) is 0 Å². The molecule has 0 spiro atoms. The minimum absolute atomic E-state index is 0.213. The number of rotatable bonds is 6. The summed E-state index contributed by atoms with van der Waals surface area (Å²) >= 11 is 0. The van der Waals surface area contributed by atoms with Crippen LogP contribution in [0.2, 0.25) is 0 Å². The Kier molecular flexibility index (Phi) is 4.55. The molecular formula is C9H17N3O2. The summed E-state index contributed by atoms with van der Waals surface area (Å²) in [7, 11) is 0. The molecule has 0 fully saturated rings. The molecule has 0 amide bonds. The van der Waals surface area contributed by atoms with Crippen LogP contribution in [0.5, 0.6) is 0 Å². The van der Waals surface area contributed by atoms with Crippen molar-refractivity contribution in [3.8, 4) is 0 Å². The fourth-order valence-corrected chi connectivity index (χ4v) is 1.09. The van der Waals surface area contributed by atoms with Crippen LogP contribution in [0.1, 0.15) is 31.5 Å². The van der Waals surface area contributed by atoms with Crippen LogP contribution in [0.25, 0.3) is 0 Å². The second-order valence-corrected chi connectivity index (χ2v) is 3.26. The van der Waals surface area contributed by atoms with E-state index in [4.69, 9.17) is 4.52 Å². The molecule has 0 aliphatic carbocycles. The largest absolute Gasteiger partial charge is 0.393 e. The van der Waals surface area contributed by atoms with E-state index in [0.717, 1.165) is 19.4 Å². The van der Waals surface area contributed by atoms with Gasteiger partial charge in [0.05, 0.1) is 12.6 Å². The number of aromatic nitrogens is 2. The number of aryl methyl sites for hydroxylation is 1. The minimum Gasteiger partial charge on any atom is -0.393 e. The summed E-state index contributed by atoms with van der Waals surface area (Å²) in [5.41, 5.74) is 0. The molecule has 1 aromatic rings. The first-order valence-electron chi connectivity index (χ1n) is 4.90. The van der Waals surface area contributed by atoms with Crippen molar-refractivity contribution >= 4 is 0 Å². The van der Waals surface area contributed by atoms with Crippen LogP contribution < -0.4 is 5.32 Å². The third kappa shape index (κ3) is 3.85. The van der Waals surface area contributed by atoms with Gasteiger partial charge in [0.2, 0.25) is 5.89 Å². The Bertz CT molecular complexity index is 262. The van der Waals surface area contributed by atoms with Gasteiger partial charge in [-0.25, -0.2) is 0 Å². The summed E-state index contributed by atoms with van der Waals surface area (Å²) < 4.78 is 4.81. The standard InChI is InChI=1S/C9H17N3O2/c1-3-8(13)4-5-10-6-9-11-7(2)14-12-9/h8,10,13H,3-6H2,1-2H3. The molecule has 0 aliphatic rings. The van der Waals surface area contributed by atoms with E-state index in [1.807, 2.05) is 6.92 Å². The molecule has 0 saturated carbocycles. The van der Waals surface area contributed by atoms with Crippen LogP contribution in [-0.4, -0.2) is 27.9 Å². The lowest BCUT2D eigenvalue weighted by Gasteiger charge is -2.06. The highest BCUT2D eigenvalue weighted by Crippen LogP contribution is 1.96. The van der Waals surface area contributed by atoms with Gasteiger partial charge in [0.25, 0.3) is 0 Å². The summed E-state index contributed by atoms with van der Waals surface area (Å²) in [6, 6.07) is 0. The predicted molar refractivity (Wildman–Crippen MR) is 51.7 cm³/mol. The van der Waals surface area contributed by atoms with E-state index in [-0.39, 0.29) is 6.10 Å². The first-order chi connectivity index (χ1) is 6.72. The van der Waals surface area contributed by atoms with Gasteiger partial charge in [0.15, 0.2) is 5.82 Å². The zero-order chi connectivity index (χ0) is 10.4. The van der Waals surface area contributed by atoms with Crippen LogP contribution in [0.3, 0.4) is 0 Å². The number of nitrogens with one attached hydrogen (secondary N) is 1. The third-order valence-electron chi connectivity index (χ3n) is 1.98. The molecule has 1 aromatic heterocycles. The van der Waals surface area contributed by atoms with E-state index >= 15 is 0 Å². The van der Waals surface area contributed by atoms with Gasteiger partial charge >= 0.3 is 0 Å². The summed E-state index contributed by atoms with van der Waals surface area (Å²) in [5.74, 6) is 1.24. The molecule has 2 N–H and O–H groups in total. The SMILES string of the molecule is CCC(O)CCNCc1noc(C)n1. The van der Waals surface area contributed by atoms with Crippen LogP contribution in [0.15, 0.2) is 4.52 Å². The van der Waals surface area contributed by atoms with Gasteiger partial charge in [-0.2, -0.15) is 4.98 Å². The zero-order valence-corrected chi connectivity index (χ0v) is 8.66. The molecule has 14 heavy (non-hydrogen) atoms. The molecular weight excluding hydrogens is 182 g/mol. The molecule has 0 bridgehead atoms.